The van der Waals surface area contributed by atoms with Crippen LogP contribution in [-0.4, -0.2) is 16.5 Å². The van der Waals surface area contributed by atoms with Crippen LogP contribution in [0.2, 0.25) is 0 Å². The van der Waals surface area contributed by atoms with Gasteiger partial charge in [0.1, 0.15) is 0 Å². The van der Waals surface area contributed by atoms with Crippen molar-refractivity contribution in [3.8, 4) is 0 Å². The zero-order chi connectivity index (χ0) is 15.4. The van der Waals surface area contributed by atoms with Crippen LogP contribution in [0.5, 0.6) is 0 Å². The number of hydrogen-bond acceptors (Lipinski definition) is 5. The van der Waals surface area contributed by atoms with E-state index in [4.69, 9.17) is 0 Å². The Kier molecular flexibility index (Phi) is 4.54. The van der Waals surface area contributed by atoms with Crippen LogP contribution in [0.4, 0.5) is 5.69 Å². The molecule has 0 saturated heterocycles. The van der Waals surface area contributed by atoms with E-state index in [9.17, 15) is 20.1 Å². The first-order valence-corrected chi connectivity index (χ1v) is 7.07. The quantitative estimate of drug-likeness (QED) is 0.211. The number of nitrogens with zero attached hydrogens (tertiary/aromatic N) is 2. The lowest BCUT2D eigenvalue weighted by Gasteiger charge is -2.04. The summed E-state index contributed by atoms with van der Waals surface area (Å²) in [6.45, 7) is 1.62. The van der Waals surface area contributed by atoms with Crippen molar-refractivity contribution in [2.45, 2.75) is 11.9 Å². The van der Waals surface area contributed by atoms with Crippen molar-refractivity contribution in [2.75, 3.05) is 5.75 Å². The summed E-state index contributed by atoms with van der Waals surface area (Å²) < 4.78 is 0.676. The van der Waals surface area contributed by atoms with Crippen LogP contribution in [0.1, 0.15) is 15.9 Å². The van der Waals surface area contributed by atoms with E-state index in [0.717, 1.165) is 11.8 Å². The van der Waals surface area contributed by atoms with Gasteiger partial charge < -0.3 is 5.21 Å². The standard InChI is InChI=1S/C14H12N2O4S/c1-10-5-6-11(8-12(10)16(19)20)13(17)9-21-14-4-2-3-7-15(14)18/h2-8H,9H2,1H3. The Labute approximate surface area is 125 Å². The fourth-order valence-electron chi connectivity index (χ4n) is 1.73. The number of rotatable bonds is 5. The molecule has 0 fully saturated rings. The molecule has 0 amide bonds. The van der Waals surface area contributed by atoms with E-state index in [1.54, 1.807) is 37.3 Å². The first-order valence-electron chi connectivity index (χ1n) is 6.08. The highest BCUT2D eigenvalue weighted by atomic mass is 32.2. The van der Waals surface area contributed by atoms with Gasteiger partial charge in [-0.1, -0.05) is 12.1 Å². The molecule has 0 aliphatic rings. The predicted octanol–water partition coefficient (Wildman–Crippen LogP) is 2.51. The molecule has 0 bridgehead atoms. The molecule has 2 rings (SSSR count). The third-order valence-electron chi connectivity index (χ3n) is 2.87. The van der Waals surface area contributed by atoms with Crippen molar-refractivity contribution in [1.29, 1.82) is 0 Å². The minimum absolute atomic E-state index is 0.0481. The molecule has 0 aliphatic carbocycles. The van der Waals surface area contributed by atoms with E-state index in [1.807, 2.05) is 0 Å². The normalized spacial score (nSPS) is 10.3. The molecule has 0 saturated carbocycles. The van der Waals surface area contributed by atoms with Crippen LogP contribution >= 0.6 is 11.8 Å². The lowest BCUT2D eigenvalue weighted by Crippen LogP contribution is -2.28. The molecule has 1 heterocycles. The summed E-state index contributed by atoms with van der Waals surface area (Å²) in [5, 5.41) is 22.7. The maximum Gasteiger partial charge on any atom is 0.273 e. The van der Waals surface area contributed by atoms with Crippen molar-refractivity contribution in [3.05, 3.63) is 69.0 Å². The van der Waals surface area contributed by atoms with Crippen molar-refractivity contribution in [1.82, 2.24) is 0 Å². The molecule has 108 valence electrons. The highest BCUT2D eigenvalue weighted by Gasteiger charge is 2.16. The molecule has 0 radical (unpaired) electrons. The fourth-order valence-corrected chi connectivity index (χ4v) is 2.54. The summed E-state index contributed by atoms with van der Waals surface area (Å²) in [4.78, 5) is 22.4. The number of pyridine rings is 1. The summed E-state index contributed by atoms with van der Waals surface area (Å²) in [5.74, 6) is -0.209. The van der Waals surface area contributed by atoms with Gasteiger partial charge in [0.15, 0.2) is 12.0 Å². The van der Waals surface area contributed by atoms with Gasteiger partial charge in [-0.2, -0.15) is 4.73 Å². The summed E-state index contributed by atoms with van der Waals surface area (Å²) in [7, 11) is 0. The van der Waals surface area contributed by atoms with Crippen LogP contribution in [0.25, 0.3) is 0 Å². The Morgan fingerprint density at radius 1 is 1.33 bits per heavy atom. The molecule has 0 atom stereocenters. The third kappa shape index (κ3) is 3.57. The predicted molar refractivity (Wildman–Crippen MR) is 78.3 cm³/mol. The number of carbonyl (C=O) groups excluding carboxylic acids is 1. The maximum absolute atomic E-state index is 12.1. The van der Waals surface area contributed by atoms with Crippen molar-refractivity contribution in [2.24, 2.45) is 0 Å². The smallest absolute Gasteiger partial charge is 0.273 e. The van der Waals surface area contributed by atoms with Gasteiger partial charge in [0.2, 0.25) is 0 Å². The SMILES string of the molecule is Cc1ccc(C(=O)CSc2cccc[n+]2[O-])cc1[N+](=O)[O-]. The number of Topliss-reactive ketones (excluding diaryl/α,β-unsaturated/α-hetero) is 1. The van der Waals surface area contributed by atoms with Gasteiger partial charge in [0.05, 0.1) is 10.7 Å². The van der Waals surface area contributed by atoms with Gasteiger partial charge in [-0.3, -0.25) is 14.9 Å². The van der Waals surface area contributed by atoms with Gasteiger partial charge in [-0.15, -0.1) is 0 Å². The third-order valence-corrected chi connectivity index (χ3v) is 3.89. The molecule has 0 aliphatic heterocycles. The fraction of sp³-hybridized carbons (Fsp3) is 0.143. The number of ketones is 1. The second-order valence-corrected chi connectivity index (χ2v) is 5.33. The number of aromatic nitrogens is 1. The Bertz CT molecular complexity index is 703. The van der Waals surface area contributed by atoms with Gasteiger partial charge >= 0.3 is 0 Å². The molecule has 7 heteroatoms. The van der Waals surface area contributed by atoms with Crippen LogP contribution in [0.3, 0.4) is 0 Å². The summed E-state index contributed by atoms with van der Waals surface area (Å²) in [6.07, 6.45) is 1.35. The zero-order valence-corrected chi connectivity index (χ0v) is 12.0. The van der Waals surface area contributed by atoms with Gasteiger partial charge in [-0.25, -0.2) is 0 Å². The number of hydrogen-bond donors (Lipinski definition) is 0. The molecule has 6 nitrogen and oxygen atoms in total. The number of nitro groups is 1. The molecular formula is C14H12N2O4S. The number of benzene rings is 1. The van der Waals surface area contributed by atoms with Crippen LogP contribution in [0.15, 0.2) is 47.6 Å². The molecule has 1 aromatic heterocycles. The summed E-state index contributed by atoms with van der Waals surface area (Å²) >= 11 is 1.10. The molecule has 0 N–H and O–H groups in total. The van der Waals surface area contributed by atoms with Crippen LogP contribution < -0.4 is 4.73 Å². The van der Waals surface area contributed by atoms with Gasteiger partial charge in [0, 0.05) is 29.3 Å². The van der Waals surface area contributed by atoms with E-state index in [2.05, 4.69) is 0 Å². The Morgan fingerprint density at radius 3 is 2.76 bits per heavy atom. The second kappa shape index (κ2) is 6.36. The van der Waals surface area contributed by atoms with Gasteiger partial charge in [0.25, 0.3) is 10.7 Å². The van der Waals surface area contributed by atoms with Crippen molar-refractivity contribution >= 4 is 23.2 Å². The van der Waals surface area contributed by atoms with E-state index in [-0.39, 0.29) is 22.8 Å². The number of carbonyl (C=O) groups is 1. The van der Waals surface area contributed by atoms with E-state index in [1.165, 1.54) is 12.3 Å². The van der Waals surface area contributed by atoms with E-state index in [0.29, 0.717) is 15.3 Å². The second-order valence-electron chi connectivity index (χ2n) is 4.33. The molecular weight excluding hydrogens is 292 g/mol. The zero-order valence-electron chi connectivity index (χ0n) is 11.2. The maximum atomic E-state index is 12.1. The molecule has 21 heavy (non-hydrogen) atoms. The highest BCUT2D eigenvalue weighted by molar-refractivity contribution is 7.99. The van der Waals surface area contributed by atoms with Crippen molar-refractivity contribution < 1.29 is 14.4 Å². The minimum Gasteiger partial charge on any atom is -0.618 e. The average Bonchev–Trinajstić information content (AvgIpc) is 2.46. The number of aryl methyl sites for hydroxylation is 1. The first-order chi connectivity index (χ1) is 9.99. The topological polar surface area (TPSA) is 87.2 Å². The van der Waals surface area contributed by atoms with E-state index < -0.39 is 4.92 Å². The van der Waals surface area contributed by atoms with Gasteiger partial charge in [-0.05, 0) is 24.8 Å². The number of nitro benzene ring substituents is 1. The Hall–Kier alpha value is -2.41. The largest absolute Gasteiger partial charge is 0.618 e. The minimum atomic E-state index is -0.512. The summed E-state index contributed by atoms with van der Waals surface area (Å²) in [6, 6.07) is 9.30. The monoisotopic (exact) mass is 304 g/mol. The Balaban J connectivity index is 2.12. The average molecular weight is 304 g/mol. The summed E-state index contributed by atoms with van der Waals surface area (Å²) in [5.41, 5.74) is 0.697. The number of thioether (sulfide) groups is 1. The molecule has 1 aromatic carbocycles. The van der Waals surface area contributed by atoms with E-state index >= 15 is 0 Å². The van der Waals surface area contributed by atoms with Crippen LogP contribution in [-0.2, 0) is 0 Å². The van der Waals surface area contributed by atoms with Crippen LogP contribution in [0, 0.1) is 22.2 Å². The first kappa shape index (κ1) is 15.0. The molecule has 0 spiro atoms. The van der Waals surface area contributed by atoms with Crippen molar-refractivity contribution in [3.63, 3.8) is 0 Å². The highest BCUT2D eigenvalue weighted by Crippen LogP contribution is 2.21. The Morgan fingerprint density at radius 2 is 2.10 bits per heavy atom. The lowest BCUT2D eigenvalue weighted by atomic mass is 10.1. The molecule has 0 unspecified atom stereocenters. The molecule has 2 aromatic rings. The lowest BCUT2D eigenvalue weighted by molar-refractivity contribution is -0.645.